The van der Waals surface area contributed by atoms with Gasteiger partial charge in [-0.2, -0.15) is 0 Å². The van der Waals surface area contributed by atoms with E-state index < -0.39 is 0 Å². The van der Waals surface area contributed by atoms with Crippen molar-refractivity contribution in [1.82, 2.24) is 5.32 Å². The molecular weight excluding hydrogens is 146 g/mol. The molecule has 0 aromatic heterocycles. The van der Waals surface area contributed by atoms with Crippen LogP contribution in [0.1, 0.15) is 56.9 Å². The topological polar surface area (TPSA) is 12.0 Å². The van der Waals surface area contributed by atoms with E-state index in [0.29, 0.717) is 6.04 Å². The average Bonchev–Trinajstić information content (AvgIpc) is 1.87. The van der Waals surface area contributed by atoms with E-state index in [4.69, 9.17) is 0 Å². The molecule has 0 spiro atoms. The van der Waals surface area contributed by atoms with E-state index in [0.717, 1.165) is 0 Å². The van der Waals surface area contributed by atoms with Gasteiger partial charge in [0.05, 0.1) is 0 Å². The van der Waals surface area contributed by atoms with E-state index in [2.05, 4.69) is 18.8 Å². The van der Waals surface area contributed by atoms with Gasteiger partial charge in [0.25, 0.3) is 0 Å². The van der Waals surface area contributed by atoms with Crippen LogP contribution < -0.4 is 5.32 Å². The second kappa shape index (κ2) is 13.2. The summed E-state index contributed by atoms with van der Waals surface area (Å²) in [7, 11) is 0. The van der Waals surface area contributed by atoms with Crippen molar-refractivity contribution in [3.05, 3.63) is 12.3 Å². The summed E-state index contributed by atoms with van der Waals surface area (Å²) in [6, 6.07) is 0.674. The van der Waals surface area contributed by atoms with E-state index in [1.165, 1.54) is 18.5 Å². The predicted molar refractivity (Wildman–Crippen MR) is 64.6 cm³/mol. The number of rotatable bonds is 0. The Bertz CT molecular complexity index is 87.0. The van der Waals surface area contributed by atoms with Gasteiger partial charge in [-0.05, 0) is 19.8 Å². The highest BCUT2D eigenvalue weighted by atomic mass is 14.9. The van der Waals surface area contributed by atoms with Crippen molar-refractivity contribution in [2.24, 2.45) is 0 Å². The van der Waals surface area contributed by atoms with Crippen LogP contribution in [0.3, 0.4) is 0 Å². The molecule has 1 fully saturated rings. The van der Waals surface area contributed by atoms with Crippen LogP contribution in [0.4, 0.5) is 0 Å². The summed E-state index contributed by atoms with van der Waals surface area (Å²) in [4.78, 5) is 0. The highest BCUT2D eigenvalue weighted by Crippen LogP contribution is 2.11. The van der Waals surface area contributed by atoms with Crippen molar-refractivity contribution < 1.29 is 0 Å². The smallest absolute Gasteiger partial charge is 0.0233 e. The van der Waals surface area contributed by atoms with E-state index >= 15 is 0 Å². The van der Waals surface area contributed by atoms with Crippen molar-refractivity contribution >= 4 is 0 Å². The van der Waals surface area contributed by atoms with Gasteiger partial charge in [0.1, 0.15) is 0 Å². The molecule has 0 bridgehead atoms. The fourth-order valence-electron chi connectivity index (χ4n) is 0.884. The second-order valence-electron chi connectivity index (χ2n) is 2.19. The van der Waals surface area contributed by atoms with Gasteiger partial charge in [-0.3, -0.25) is 0 Å². The molecule has 1 atom stereocenters. The van der Waals surface area contributed by atoms with Gasteiger partial charge in [0.15, 0.2) is 0 Å². The Morgan fingerprint density at radius 3 is 1.67 bits per heavy atom. The maximum atomic E-state index is 3.79. The number of hydrogen-bond acceptors (Lipinski definition) is 1. The first-order valence-corrected chi connectivity index (χ1v) is 2.73. The zero-order chi connectivity index (χ0) is 5.28. The summed E-state index contributed by atoms with van der Waals surface area (Å²) in [5.74, 6) is 0. The van der Waals surface area contributed by atoms with Crippen LogP contribution in [0.25, 0.3) is 0 Å². The Hall–Kier alpha value is -0.460. The molecule has 1 aliphatic heterocycles. The van der Waals surface area contributed by atoms with Gasteiger partial charge in [-0.15, -0.1) is 0 Å². The van der Waals surface area contributed by atoms with Crippen LogP contribution in [-0.4, -0.2) is 6.04 Å². The predicted octanol–water partition coefficient (Wildman–Crippen LogP) is 4.45. The summed E-state index contributed by atoms with van der Waals surface area (Å²) >= 11 is 0. The standard InChI is InChI=1S/C6H11N.5CH4/c1-5-3-4-6(2)7-5;;;;;/h6-7H,1,3-4H2,2H3;5*1H4. The Labute approximate surface area is 81.3 Å². The molecule has 0 saturated carbocycles. The van der Waals surface area contributed by atoms with E-state index in [1.54, 1.807) is 0 Å². The lowest BCUT2D eigenvalue weighted by Crippen LogP contribution is -2.14. The zero-order valence-corrected chi connectivity index (χ0v) is 4.70. The number of nitrogens with one attached hydrogen (secondary N) is 1. The van der Waals surface area contributed by atoms with Crippen LogP contribution in [-0.2, 0) is 0 Å². The molecule has 1 rings (SSSR count). The lowest BCUT2D eigenvalue weighted by atomic mass is 10.2. The third-order valence-electron chi connectivity index (χ3n) is 1.33. The number of allylic oxidation sites excluding steroid dienone is 1. The normalized spacial score (nSPS) is 17.8. The quantitative estimate of drug-likeness (QED) is 0.576. The molecule has 0 amide bonds. The number of hydrogen-bond donors (Lipinski definition) is 1. The first-order chi connectivity index (χ1) is 3.29. The molecule has 1 heteroatoms. The Kier molecular flexibility index (Phi) is 32.9. The maximum absolute atomic E-state index is 3.79. The van der Waals surface area contributed by atoms with Crippen LogP contribution >= 0.6 is 0 Å². The van der Waals surface area contributed by atoms with Gasteiger partial charge in [-0.1, -0.05) is 43.7 Å². The Balaban J connectivity index is -0.0000000327. The fourth-order valence-corrected chi connectivity index (χ4v) is 0.884. The highest BCUT2D eigenvalue weighted by molar-refractivity contribution is 4.99. The monoisotopic (exact) mass is 177 g/mol. The van der Waals surface area contributed by atoms with Crippen molar-refractivity contribution in [2.75, 3.05) is 0 Å². The summed E-state index contributed by atoms with van der Waals surface area (Å²) in [5, 5.41) is 3.22. The molecule has 1 saturated heterocycles. The molecule has 1 unspecified atom stereocenters. The first-order valence-electron chi connectivity index (χ1n) is 2.73. The van der Waals surface area contributed by atoms with Gasteiger partial charge >= 0.3 is 0 Å². The molecule has 80 valence electrons. The summed E-state index contributed by atoms with van der Waals surface area (Å²) < 4.78 is 0. The molecule has 0 aromatic rings. The minimum atomic E-state index is 0. The lowest BCUT2D eigenvalue weighted by Gasteiger charge is -1.99. The van der Waals surface area contributed by atoms with Gasteiger partial charge < -0.3 is 5.32 Å². The molecule has 1 N–H and O–H groups in total. The molecule has 1 aliphatic rings. The lowest BCUT2D eigenvalue weighted by molar-refractivity contribution is 0.681. The second-order valence-corrected chi connectivity index (χ2v) is 2.19. The molecule has 1 nitrogen and oxygen atoms in total. The van der Waals surface area contributed by atoms with Gasteiger partial charge in [0.2, 0.25) is 0 Å². The van der Waals surface area contributed by atoms with Crippen LogP contribution in [0.2, 0.25) is 0 Å². The molecular formula is C11H31N. The zero-order valence-electron chi connectivity index (χ0n) is 4.70. The van der Waals surface area contributed by atoms with Gasteiger partial charge in [0, 0.05) is 11.7 Å². The van der Waals surface area contributed by atoms with E-state index in [1.807, 2.05) is 0 Å². The van der Waals surface area contributed by atoms with E-state index in [-0.39, 0.29) is 37.1 Å². The molecule has 12 heavy (non-hydrogen) atoms. The average molecular weight is 177 g/mol. The van der Waals surface area contributed by atoms with Crippen LogP contribution in [0, 0.1) is 0 Å². The molecule has 0 aromatic carbocycles. The minimum Gasteiger partial charge on any atom is -0.386 e. The third-order valence-corrected chi connectivity index (χ3v) is 1.33. The Morgan fingerprint density at radius 2 is 1.58 bits per heavy atom. The highest BCUT2D eigenvalue weighted by Gasteiger charge is 2.09. The van der Waals surface area contributed by atoms with Crippen LogP contribution in [0.15, 0.2) is 12.3 Å². The molecule has 1 heterocycles. The third kappa shape index (κ3) is 9.54. The van der Waals surface area contributed by atoms with Crippen LogP contribution in [0.5, 0.6) is 0 Å². The van der Waals surface area contributed by atoms with E-state index in [9.17, 15) is 0 Å². The van der Waals surface area contributed by atoms with Crippen molar-refractivity contribution in [1.29, 1.82) is 0 Å². The van der Waals surface area contributed by atoms with Crippen molar-refractivity contribution in [3.63, 3.8) is 0 Å². The largest absolute Gasteiger partial charge is 0.386 e. The fraction of sp³-hybridized carbons (Fsp3) is 0.818. The summed E-state index contributed by atoms with van der Waals surface area (Å²) in [6.07, 6.45) is 2.43. The molecule has 0 aliphatic carbocycles. The SMILES string of the molecule is C.C.C.C.C.C=C1CCC(C)N1. The summed E-state index contributed by atoms with van der Waals surface area (Å²) in [6.45, 7) is 5.97. The summed E-state index contributed by atoms with van der Waals surface area (Å²) in [5.41, 5.74) is 1.20. The van der Waals surface area contributed by atoms with Gasteiger partial charge in [-0.25, -0.2) is 0 Å². The van der Waals surface area contributed by atoms with Crippen molar-refractivity contribution in [2.45, 2.75) is 62.9 Å². The Morgan fingerprint density at radius 1 is 1.17 bits per heavy atom. The molecule has 0 radical (unpaired) electrons. The first kappa shape index (κ1) is 30.0. The maximum Gasteiger partial charge on any atom is 0.0233 e. The van der Waals surface area contributed by atoms with Crippen molar-refractivity contribution in [3.8, 4) is 0 Å². The minimum absolute atomic E-state index is 0.